The number of rotatable bonds is 14. The number of hydrogen-bond donors (Lipinski definition) is 3. The second-order valence-electron chi connectivity index (χ2n) is 11.3. The molecular weight excluding hydrogens is 520 g/mol. The first kappa shape index (κ1) is 30.9. The monoisotopic (exact) mass is 564 g/mol. The molecule has 2 aromatic carbocycles. The van der Waals surface area contributed by atoms with E-state index in [9.17, 15) is 14.7 Å². The molecule has 1 aliphatic heterocycles. The zero-order chi connectivity index (χ0) is 29.2. The van der Waals surface area contributed by atoms with Gasteiger partial charge in [-0.15, -0.1) is 6.58 Å². The molecule has 0 spiro atoms. The Morgan fingerprint density at radius 3 is 2.29 bits per heavy atom. The van der Waals surface area contributed by atoms with Crippen LogP contribution in [0.2, 0.25) is 0 Å². The van der Waals surface area contributed by atoms with Crippen molar-refractivity contribution >= 4 is 11.9 Å². The van der Waals surface area contributed by atoms with Crippen LogP contribution in [0.5, 0.6) is 0 Å². The summed E-state index contributed by atoms with van der Waals surface area (Å²) in [5, 5.41) is 21.1. The largest absolute Gasteiger partial charge is 0.481 e. The van der Waals surface area contributed by atoms with Crippen molar-refractivity contribution in [3.8, 4) is 0 Å². The van der Waals surface area contributed by atoms with E-state index in [0.717, 1.165) is 35.3 Å². The Morgan fingerprint density at radius 1 is 1.00 bits per heavy atom. The molecule has 8 heteroatoms. The van der Waals surface area contributed by atoms with E-state index in [-0.39, 0.29) is 43.5 Å². The first-order valence-corrected chi connectivity index (χ1v) is 14.8. The van der Waals surface area contributed by atoms with Gasteiger partial charge < -0.3 is 25.0 Å². The molecule has 0 radical (unpaired) electrons. The SMILES string of the molecule is C=CCN(C[C@H]1O[C@@H](c2ccc(CNC(=O)CCCC(=O)O)cc2)O[C@@H](c2ccc(CO)cc2)[C@H]1C)C1CCCC1. The summed E-state index contributed by atoms with van der Waals surface area (Å²) in [5.74, 6) is -0.948. The predicted molar refractivity (Wildman–Crippen MR) is 157 cm³/mol. The van der Waals surface area contributed by atoms with Crippen LogP contribution in [0.25, 0.3) is 0 Å². The highest BCUT2D eigenvalue weighted by Crippen LogP contribution is 2.42. The van der Waals surface area contributed by atoms with Crippen molar-refractivity contribution in [2.45, 2.75) is 89.6 Å². The minimum atomic E-state index is -0.895. The summed E-state index contributed by atoms with van der Waals surface area (Å²) in [7, 11) is 0. The Bertz CT molecular complexity index is 1130. The lowest BCUT2D eigenvalue weighted by Crippen LogP contribution is -2.47. The standard InChI is InChI=1S/C33H44N2O6/c1-3-19-35(28-7-4-5-8-28)21-29-23(2)32(26-15-13-25(22-36)14-16-26)41-33(40-29)27-17-11-24(12-18-27)20-34-30(37)9-6-10-31(38)39/h3,11-18,23,28-29,32-33,36H,1,4-10,19-22H2,2H3,(H,34,37)(H,38,39)/t23-,29+,32+,33+/m0/s1. The fourth-order valence-electron chi connectivity index (χ4n) is 5.85. The highest BCUT2D eigenvalue weighted by molar-refractivity contribution is 5.76. The van der Waals surface area contributed by atoms with Gasteiger partial charge in [-0.3, -0.25) is 14.5 Å². The number of aliphatic hydroxyl groups is 1. The van der Waals surface area contributed by atoms with E-state index in [1.165, 1.54) is 25.7 Å². The van der Waals surface area contributed by atoms with Crippen molar-refractivity contribution in [3.05, 3.63) is 83.4 Å². The highest BCUT2D eigenvalue weighted by Gasteiger charge is 2.40. The summed E-state index contributed by atoms with van der Waals surface area (Å²) in [6.07, 6.45) is 6.65. The van der Waals surface area contributed by atoms with Gasteiger partial charge in [0.1, 0.15) is 0 Å². The molecular formula is C33H44N2O6. The first-order chi connectivity index (χ1) is 19.9. The maximum atomic E-state index is 12.1. The fraction of sp³-hybridized carbons (Fsp3) is 0.515. The molecule has 8 nitrogen and oxygen atoms in total. The molecule has 4 rings (SSSR count). The number of benzene rings is 2. The zero-order valence-electron chi connectivity index (χ0n) is 24.0. The number of aliphatic carboxylic acids is 1. The van der Waals surface area contributed by atoms with E-state index in [1.807, 2.05) is 54.6 Å². The highest BCUT2D eigenvalue weighted by atomic mass is 16.7. The lowest BCUT2D eigenvalue weighted by atomic mass is 9.89. The maximum absolute atomic E-state index is 12.1. The van der Waals surface area contributed by atoms with Crippen LogP contribution in [-0.4, -0.2) is 52.2 Å². The number of aliphatic hydroxyl groups excluding tert-OH is 1. The molecule has 0 aromatic heterocycles. The molecule has 1 saturated carbocycles. The van der Waals surface area contributed by atoms with Gasteiger partial charge in [-0.2, -0.15) is 0 Å². The van der Waals surface area contributed by atoms with Crippen molar-refractivity contribution in [3.63, 3.8) is 0 Å². The Labute approximate surface area is 243 Å². The van der Waals surface area contributed by atoms with Crippen molar-refractivity contribution < 1.29 is 29.3 Å². The van der Waals surface area contributed by atoms with Crippen LogP contribution in [0.4, 0.5) is 0 Å². The topological polar surface area (TPSA) is 108 Å². The van der Waals surface area contributed by atoms with Crippen molar-refractivity contribution in [1.82, 2.24) is 10.2 Å². The molecule has 4 atom stereocenters. The van der Waals surface area contributed by atoms with E-state index < -0.39 is 12.3 Å². The number of hydrogen-bond acceptors (Lipinski definition) is 6. The third kappa shape index (κ3) is 8.72. The smallest absolute Gasteiger partial charge is 0.303 e. The fourth-order valence-corrected chi connectivity index (χ4v) is 5.85. The molecule has 2 aliphatic rings. The number of carboxylic acid groups (broad SMARTS) is 1. The molecule has 0 unspecified atom stereocenters. The lowest BCUT2D eigenvalue weighted by Gasteiger charge is -2.43. The van der Waals surface area contributed by atoms with Gasteiger partial charge in [0.05, 0.1) is 18.8 Å². The van der Waals surface area contributed by atoms with Crippen LogP contribution in [0.1, 0.15) is 86.5 Å². The predicted octanol–water partition coefficient (Wildman–Crippen LogP) is 5.27. The third-order valence-corrected chi connectivity index (χ3v) is 8.28. The van der Waals surface area contributed by atoms with Gasteiger partial charge in [0.2, 0.25) is 5.91 Å². The van der Waals surface area contributed by atoms with Gasteiger partial charge in [-0.25, -0.2) is 0 Å². The number of nitrogens with one attached hydrogen (secondary N) is 1. The Kier molecular flexibility index (Phi) is 11.5. The molecule has 1 saturated heterocycles. The molecule has 1 heterocycles. The Morgan fingerprint density at radius 2 is 1.66 bits per heavy atom. The molecule has 2 fully saturated rings. The zero-order valence-corrected chi connectivity index (χ0v) is 24.0. The summed E-state index contributed by atoms with van der Waals surface area (Å²) >= 11 is 0. The first-order valence-electron chi connectivity index (χ1n) is 14.8. The van der Waals surface area contributed by atoms with Crippen LogP contribution in [-0.2, 0) is 32.2 Å². The maximum Gasteiger partial charge on any atom is 0.303 e. The van der Waals surface area contributed by atoms with Crippen molar-refractivity contribution in [2.24, 2.45) is 5.92 Å². The second kappa shape index (κ2) is 15.3. The van der Waals surface area contributed by atoms with E-state index in [2.05, 4.69) is 23.7 Å². The summed E-state index contributed by atoms with van der Waals surface area (Å²) in [5.41, 5.74) is 3.78. The summed E-state index contributed by atoms with van der Waals surface area (Å²) in [4.78, 5) is 25.2. The number of amides is 1. The second-order valence-corrected chi connectivity index (χ2v) is 11.3. The van der Waals surface area contributed by atoms with Gasteiger partial charge >= 0.3 is 5.97 Å². The summed E-state index contributed by atoms with van der Waals surface area (Å²) in [6.45, 7) is 8.20. The summed E-state index contributed by atoms with van der Waals surface area (Å²) < 4.78 is 13.3. The van der Waals surface area contributed by atoms with Crippen LogP contribution in [0.3, 0.4) is 0 Å². The number of carbonyl (C=O) groups is 2. The number of ether oxygens (including phenoxy) is 2. The Hall–Kier alpha value is -3.04. The number of nitrogens with zero attached hydrogens (tertiary/aromatic N) is 1. The normalized spacial score (nSPS) is 23.0. The molecule has 41 heavy (non-hydrogen) atoms. The quantitative estimate of drug-likeness (QED) is 0.268. The van der Waals surface area contributed by atoms with Gasteiger partial charge in [0, 0.05) is 50.0 Å². The van der Waals surface area contributed by atoms with E-state index in [0.29, 0.717) is 19.0 Å². The third-order valence-electron chi connectivity index (χ3n) is 8.28. The number of carbonyl (C=O) groups excluding carboxylic acids is 1. The van der Waals surface area contributed by atoms with Gasteiger partial charge in [-0.1, -0.05) is 74.4 Å². The van der Waals surface area contributed by atoms with Gasteiger partial charge in [0.25, 0.3) is 0 Å². The molecule has 3 N–H and O–H groups in total. The summed E-state index contributed by atoms with van der Waals surface area (Å²) in [6, 6.07) is 16.4. The van der Waals surface area contributed by atoms with Gasteiger partial charge in [0.15, 0.2) is 6.29 Å². The minimum absolute atomic E-state index is 0.00274. The average molecular weight is 565 g/mol. The average Bonchev–Trinajstić information content (AvgIpc) is 3.52. The molecule has 0 bridgehead atoms. The van der Waals surface area contributed by atoms with Gasteiger partial charge in [-0.05, 0) is 36.0 Å². The van der Waals surface area contributed by atoms with Crippen molar-refractivity contribution in [1.29, 1.82) is 0 Å². The molecule has 1 aliphatic carbocycles. The van der Waals surface area contributed by atoms with Crippen LogP contribution in [0, 0.1) is 5.92 Å². The van der Waals surface area contributed by atoms with Crippen LogP contribution >= 0.6 is 0 Å². The van der Waals surface area contributed by atoms with E-state index in [1.54, 1.807) is 0 Å². The van der Waals surface area contributed by atoms with Crippen molar-refractivity contribution in [2.75, 3.05) is 13.1 Å². The molecule has 222 valence electrons. The Balaban J connectivity index is 1.47. The van der Waals surface area contributed by atoms with E-state index >= 15 is 0 Å². The minimum Gasteiger partial charge on any atom is -0.481 e. The van der Waals surface area contributed by atoms with Crippen LogP contribution in [0.15, 0.2) is 61.2 Å². The number of carboxylic acids is 1. The lowest BCUT2D eigenvalue weighted by molar-refractivity contribution is -0.276. The molecule has 2 aromatic rings. The van der Waals surface area contributed by atoms with Crippen LogP contribution < -0.4 is 5.32 Å². The van der Waals surface area contributed by atoms with E-state index in [4.69, 9.17) is 14.6 Å². The molecule has 1 amide bonds.